The number of aryl methyl sites for hydroxylation is 1. The van der Waals surface area contributed by atoms with Crippen LogP contribution in [-0.2, 0) is 6.54 Å². The van der Waals surface area contributed by atoms with Crippen molar-refractivity contribution in [3.63, 3.8) is 0 Å². The molecule has 1 aromatic rings. The fourth-order valence-corrected chi connectivity index (χ4v) is 0.878. The number of nitrogens with two attached hydrogens (primary N) is 1. The molecule has 72 valence electrons. The Kier molecular flexibility index (Phi) is 3.39. The first-order chi connectivity index (χ1) is 6.27. The minimum atomic E-state index is 0.457. The normalized spacial score (nSPS) is 12.0. The molecule has 1 aromatic heterocycles. The first-order valence-corrected chi connectivity index (χ1v) is 4.07. The van der Waals surface area contributed by atoms with Crippen molar-refractivity contribution in [3.8, 4) is 0 Å². The minimum absolute atomic E-state index is 0.457. The fraction of sp³-hybridized carbons (Fsp3) is 0.571. The van der Waals surface area contributed by atoms with E-state index in [-0.39, 0.29) is 0 Å². The molecule has 0 aliphatic rings. The van der Waals surface area contributed by atoms with Gasteiger partial charge in [0.05, 0.1) is 6.20 Å². The van der Waals surface area contributed by atoms with Crippen LogP contribution < -0.4 is 5.73 Å². The molecule has 0 aliphatic carbocycles. The molecule has 0 aliphatic heterocycles. The third-order valence-corrected chi connectivity index (χ3v) is 1.65. The number of aromatic nitrogens is 3. The van der Waals surface area contributed by atoms with Gasteiger partial charge in [0, 0.05) is 6.54 Å². The number of rotatable bonds is 4. The molecule has 0 amide bonds. The van der Waals surface area contributed by atoms with E-state index in [4.69, 9.17) is 10.9 Å². The maximum atomic E-state index is 8.46. The lowest BCUT2D eigenvalue weighted by molar-refractivity contribution is 0.319. The summed E-state index contributed by atoms with van der Waals surface area (Å²) in [6, 6.07) is 0. The van der Waals surface area contributed by atoms with Crippen LogP contribution in [0.25, 0.3) is 0 Å². The standard InChI is InChI=1S/C7H13N5O/c1-6(10-13)7-5-12(11-9-7)4-2-3-8/h5,13H,2-4,8H2,1H3/b10-6+. The SMILES string of the molecule is C/C(=N\O)c1cn(CCCN)nn1. The van der Waals surface area contributed by atoms with Gasteiger partial charge in [0.1, 0.15) is 11.4 Å². The fourth-order valence-electron chi connectivity index (χ4n) is 0.878. The summed E-state index contributed by atoms with van der Waals surface area (Å²) >= 11 is 0. The lowest BCUT2D eigenvalue weighted by atomic mass is 10.3. The van der Waals surface area contributed by atoms with Crippen molar-refractivity contribution >= 4 is 5.71 Å². The van der Waals surface area contributed by atoms with Gasteiger partial charge in [-0.15, -0.1) is 5.10 Å². The lowest BCUT2D eigenvalue weighted by Crippen LogP contribution is -2.06. The second-order valence-corrected chi connectivity index (χ2v) is 2.69. The average molecular weight is 183 g/mol. The Morgan fingerprint density at radius 3 is 3.15 bits per heavy atom. The topological polar surface area (TPSA) is 89.3 Å². The first kappa shape index (κ1) is 9.66. The highest BCUT2D eigenvalue weighted by Gasteiger charge is 2.03. The second kappa shape index (κ2) is 4.56. The van der Waals surface area contributed by atoms with E-state index < -0.39 is 0 Å². The Hall–Kier alpha value is -1.43. The highest BCUT2D eigenvalue weighted by molar-refractivity contribution is 5.96. The highest BCUT2D eigenvalue weighted by Crippen LogP contribution is 1.96. The Morgan fingerprint density at radius 1 is 1.77 bits per heavy atom. The zero-order valence-corrected chi connectivity index (χ0v) is 7.51. The van der Waals surface area contributed by atoms with Gasteiger partial charge in [-0.3, -0.25) is 4.68 Å². The molecule has 0 aromatic carbocycles. The highest BCUT2D eigenvalue weighted by atomic mass is 16.4. The molecule has 0 unspecified atom stereocenters. The van der Waals surface area contributed by atoms with Gasteiger partial charge in [-0.25, -0.2) is 0 Å². The van der Waals surface area contributed by atoms with Crippen molar-refractivity contribution in [2.24, 2.45) is 10.9 Å². The van der Waals surface area contributed by atoms with E-state index >= 15 is 0 Å². The summed E-state index contributed by atoms with van der Waals surface area (Å²) in [6.45, 7) is 3.03. The molecule has 6 heteroatoms. The van der Waals surface area contributed by atoms with Gasteiger partial charge < -0.3 is 10.9 Å². The van der Waals surface area contributed by atoms with E-state index in [0.29, 0.717) is 18.0 Å². The van der Waals surface area contributed by atoms with E-state index in [1.165, 1.54) is 0 Å². The van der Waals surface area contributed by atoms with Crippen LogP contribution in [-0.4, -0.2) is 32.5 Å². The number of nitrogens with zero attached hydrogens (tertiary/aromatic N) is 4. The summed E-state index contributed by atoms with van der Waals surface area (Å²) in [4.78, 5) is 0. The Morgan fingerprint density at radius 2 is 2.54 bits per heavy atom. The van der Waals surface area contributed by atoms with Crippen LogP contribution >= 0.6 is 0 Å². The van der Waals surface area contributed by atoms with Crippen LogP contribution in [0.4, 0.5) is 0 Å². The van der Waals surface area contributed by atoms with E-state index in [1.807, 2.05) is 0 Å². The molecule has 0 bridgehead atoms. The predicted octanol–water partition coefficient (Wildman–Crippen LogP) is -0.175. The van der Waals surface area contributed by atoms with Gasteiger partial charge in [-0.1, -0.05) is 10.4 Å². The van der Waals surface area contributed by atoms with Crippen LogP contribution in [0.3, 0.4) is 0 Å². The molecule has 0 fully saturated rings. The molecule has 13 heavy (non-hydrogen) atoms. The molecule has 0 atom stereocenters. The second-order valence-electron chi connectivity index (χ2n) is 2.69. The minimum Gasteiger partial charge on any atom is -0.411 e. The molecule has 3 N–H and O–H groups in total. The van der Waals surface area contributed by atoms with E-state index in [1.54, 1.807) is 17.8 Å². The molecular formula is C7H13N5O. The Balaban J connectivity index is 2.64. The van der Waals surface area contributed by atoms with E-state index in [9.17, 15) is 0 Å². The van der Waals surface area contributed by atoms with Gasteiger partial charge in [0.2, 0.25) is 0 Å². The maximum absolute atomic E-state index is 8.46. The number of hydrogen-bond acceptors (Lipinski definition) is 5. The molecule has 0 saturated carbocycles. The van der Waals surface area contributed by atoms with E-state index in [0.717, 1.165) is 13.0 Å². The maximum Gasteiger partial charge on any atom is 0.130 e. The number of hydrogen-bond donors (Lipinski definition) is 2. The molecular weight excluding hydrogens is 170 g/mol. The van der Waals surface area contributed by atoms with E-state index in [2.05, 4.69) is 15.5 Å². The largest absolute Gasteiger partial charge is 0.411 e. The van der Waals surface area contributed by atoms with Gasteiger partial charge in [0.25, 0.3) is 0 Å². The summed E-state index contributed by atoms with van der Waals surface area (Å²) < 4.78 is 1.68. The third-order valence-electron chi connectivity index (χ3n) is 1.65. The number of oxime groups is 1. The summed E-state index contributed by atoms with van der Waals surface area (Å²) in [5.41, 5.74) is 6.38. The Labute approximate surface area is 76.0 Å². The van der Waals surface area contributed by atoms with Crippen molar-refractivity contribution in [2.45, 2.75) is 19.9 Å². The molecule has 0 radical (unpaired) electrons. The average Bonchev–Trinajstić information content (AvgIpc) is 2.62. The van der Waals surface area contributed by atoms with Crippen LogP contribution in [0, 0.1) is 0 Å². The van der Waals surface area contributed by atoms with Crippen LogP contribution in [0.2, 0.25) is 0 Å². The molecule has 1 rings (SSSR count). The predicted molar refractivity (Wildman–Crippen MR) is 47.7 cm³/mol. The summed E-state index contributed by atoms with van der Waals surface area (Å²) in [5.74, 6) is 0. The Bertz CT molecular complexity index is 293. The molecule has 0 spiro atoms. The monoisotopic (exact) mass is 183 g/mol. The summed E-state index contributed by atoms with van der Waals surface area (Å²) in [7, 11) is 0. The quantitative estimate of drug-likeness (QED) is 0.385. The van der Waals surface area contributed by atoms with Crippen LogP contribution in [0.15, 0.2) is 11.4 Å². The van der Waals surface area contributed by atoms with Crippen molar-refractivity contribution in [1.82, 2.24) is 15.0 Å². The van der Waals surface area contributed by atoms with Gasteiger partial charge in [-0.2, -0.15) is 0 Å². The van der Waals surface area contributed by atoms with Crippen molar-refractivity contribution in [3.05, 3.63) is 11.9 Å². The zero-order valence-electron chi connectivity index (χ0n) is 7.51. The van der Waals surface area contributed by atoms with Gasteiger partial charge >= 0.3 is 0 Å². The molecule has 1 heterocycles. The lowest BCUT2D eigenvalue weighted by Gasteiger charge is -1.95. The van der Waals surface area contributed by atoms with Crippen LogP contribution in [0.1, 0.15) is 19.0 Å². The van der Waals surface area contributed by atoms with Gasteiger partial charge in [-0.05, 0) is 19.9 Å². The third kappa shape index (κ3) is 2.51. The molecule has 0 saturated heterocycles. The summed E-state index contributed by atoms with van der Waals surface area (Å²) in [6.07, 6.45) is 2.59. The van der Waals surface area contributed by atoms with Crippen LogP contribution in [0.5, 0.6) is 0 Å². The summed E-state index contributed by atoms with van der Waals surface area (Å²) in [5, 5.41) is 19.2. The zero-order chi connectivity index (χ0) is 9.68. The molecule has 6 nitrogen and oxygen atoms in total. The first-order valence-electron chi connectivity index (χ1n) is 4.07. The smallest absolute Gasteiger partial charge is 0.130 e. The van der Waals surface area contributed by atoms with Crippen molar-refractivity contribution < 1.29 is 5.21 Å². The van der Waals surface area contributed by atoms with Gasteiger partial charge in [0.15, 0.2) is 0 Å². The van der Waals surface area contributed by atoms with Crippen molar-refractivity contribution in [2.75, 3.05) is 6.54 Å². The van der Waals surface area contributed by atoms with Crippen molar-refractivity contribution in [1.29, 1.82) is 0 Å².